The fourth-order valence-electron chi connectivity index (χ4n) is 3.31. The molecule has 2 aliphatic heterocycles. The maximum atomic E-state index is 12.4. The standard InChI is InChI=1S/C19H20N4O5/c24-19(20-15-2-1-3-16(11-15)23(25)26)22-8-6-21(7-9-22)12-14-4-5-17-18(10-14)28-13-27-17/h1-5,10-11H,6-9,12-13H2,(H,20,24). The van der Waals surface area contributed by atoms with Gasteiger partial charge in [-0.1, -0.05) is 12.1 Å². The number of piperazine rings is 1. The zero-order valence-corrected chi connectivity index (χ0v) is 15.2. The molecule has 4 rings (SSSR count). The monoisotopic (exact) mass is 384 g/mol. The number of carbonyl (C=O) groups excluding carboxylic acids is 1. The smallest absolute Gasteiger partial charge is 0.321 e. The first-order valence-corrected chi connectivity index (χ1v) is 9.00. The second-order valence-corrected chi connectivity index (χ2v) is 6.69. The highest BCUT2D eigenvalue weighted by Gasteiger charge is 2.22. The predicted octanol–water partition coefficient (Wildman–Crippen LogP) is 2.67. The Morgan fingerprint density at radius 1 is 1.07 bits per heavy atom. The molecule has 0 atom stereocenters. The van der Waals surface area contributed by atoms with E-state index in [1.54, 1.807) is 17.0 Å². The van der Waals surface area contributed by atoms with Crippen LogP contribution in [0.15, 0.2) is 42.5 Å². The minimum Gasteiger partial charge on any atom is -0.454 e. The maximum Gasteiger partial charge on any atom is 0.321 e. The van der Waals surface area contributed by atoms with Crippen LogP contribution in [0.2, 0.25) is 0 Å². The maximum absolute atomic E-state index is 12.4. The Morgan fingerprint density at radius 3 is 2.64 bits per heavy atom. The zero-order valence-electron chi connectivity index (χ0n) is 15.2. The highest BCUT2D eigenvalue weighted by Crippen LogP contribution is 2.32. The van der Waals surface area contributed by atoms with Crippen molar-refractivity contribution in [1.29, 1.82) is 0 Å². The van der Waals surface area contributed by atoms with Gasteiger partial charge in [0.25, 0.3) is 5.69 Å². The molecule has 2 aromatic rings. The van der Waals surface area contributed by atoms with E-state index in [4.69, 9.17) is 9.47 Å². The summed E-state index contributed by atoms with van der Waals surface area (Å²) in [6.45, 7) is 3.71. The quantitative estimate of drug-likeness (QED) is 0.643. The first-order valence-electron chi connectivity index (χ1n) is 9.00. The summed E-state index contributed by atoms with van der Waals surface area (Å²) in [6, 6.07) is 11.6. The van der Waals surface area contributed by atoms with Gasteiger partial charge in [-0.05, 0) is 23.8 Å². The third-order valence-electron chi connectivity index (χ3n) is 4.81. The molecule has 0 aliphatic carbocycles. The van der Waals surface area contributed by atoms with Crippen molar-refractivity contribution in [3.05, 3.63) is 58.1 Å². The fraction of sp³-hybridized carbons (Fsp3) is 0.316. The van der Waals surface area contributed by atoms with Crippen molar-refractivity contribution < 1.29 is 19.2 Å². The van der Waals surface area contributed by atoms with E-state index in [1.807, 2.05) is 18.2 Å². The lowest BCUT2D eigenvalue weighted by molar-refractivity contribution is -0.384. The van der Waals surface area contributed by atoms with Crippen LogP contribution in [0.4, 0.5) is 16.2 Å². The molecule has 0 spiro atoms. The zero-order chi connectivity index (χ0) is 19.5. The number of hydrogen-bond acceptors (Lipinski definition) is 6. The Kier molecular flexibility index (Phi) is 4.98. The van der Waals surface area contributed by atoms with Gasteiger partial charge in [0, 0.05) is 50.5 Å². The average Bonchev–Trinajstić information content (AvgIpc) is 3.16. The number of fused-ring (bicyclic) bond motifs is 1. The SMILES string of the molecule is O=C(Nc1cccc([N+](=O)[O-])c1)N1CCN(Cc2ccc3c(c2)OCO3)CC1. The predicted molar refractivity (Wildman–Crippen MR) is 102 cm³/mol. The van der Waals surface area contributed by atoms with Gasteiger partial charge < -0.3 is 19.7 Å². The van der Waals surface area contributed by atoms with E-state index in [-0.39, 0.29) is 18.5 Å². The molecule has 146 valence electrons. The molecule has 0 bridgehead atoms. The molecule has 0 saturated carbocycles. The van der Waals surface area contributed by atoms with E-state index in [9.17, 15) is 14.9 Å². The van der Waals surface area contributed by atoms with Crippen LogP contribution in [0.1, 0.15) is 5.56 Å². The molecule has 9 heteroatoms. The highest BCUT2D eigenvalue weighted by atomic mass is 16.7. The summed E-state index contributed by atoms with van der Waals surface area (Å²) in [6.07, 6.45) is 0. The average molecular weight is 384 g/mol. The molecule has 28 heavy (non-hydrogen) atoms. The minimum atomic E-state index is -0.482. The first kappa shape index (κ1) is 18.1. The number of nitro groups is 1. The Hall–Kier alpha value is -3.33. The lowest BCUT2D eigenvalue weighted by atomic mass is 10.1. The molecule has 1 fully saturated rings. The Balaban J connectivity index is 1.29. The molecule has 2 aliphatic rings. The van der Waals surface area contributed by atoms with E-state index < -0.39 is 4.92 Å². The van der Waals surface area contributed by atoms with Gasteiger partial charge in [-0.15, -0.1) is 0 Å². The second kappa shape index (κ2) is 7.73. The fourth-order valence-corrected chi connectivity index (χ4v) is 3.31. The summed E-state index contributed by atoms with van der Waals surface area (Å²) in [5.74, 6) is 1.54. The number of hydrogen-bond donors (Lipinski definition) is 1. The summed E-state index contributed by atoms with van der Waals surface area (Å²) in [7, 11) is 0. The lowest BCUT2D eigenvalue weighted by Gasteiger charge is -2.34. The molecule has 0 radical (unpaired) electrons. The number of anilines is 1. The normalized spacial score (nSPS) is 16.1. The van der Waals surface area contributed by atoms with Gasteiger partial charge in [-0.25, -0.2) is 4.79 Å². The van der Waals surface area contributed by atoms with Gasteiger partial charge in [-0.2, -0.15) is 0 Å². The number of nitrogens with zero attached hydrogens (tertiary/aromatic N) is 3. The summed E-state index contributed by atoms with van der Waals surface area (Å²) < 4.78 is 10.7. The van der Waals surface area contributed by atoms with Crippen molar-refractivity contribution in [3.8, 4) is 11.5 Å². The van der Waals surface area contributed by atoms with Crippen molar-refractivity contribution in [2.75, 3.05) is 38.3 Å². The number of nitrogens with one attached hydrogen (secondary N) is 1. The highest BCUT2D eigenvalue weighted by molar-refractivity contribution is 5.89. The largest absolute Gasteiger partial charge is 0.454 e. The Bertz CT molecular complexity index is 896. The number of carbonyl (C=O) groups is 1. The van der Waals surface area contributed by atoms with Crippen LogP contribution in [0.25, 0.3) is 0 Å². The third kappa shape index (κ3) is 3.99. The van der Waals surface area contributed by atoms with Crippen LogP contribution in [0, 0.1) is 10.1 Å². The minimum absolute atomic E-state index is 0.0497. The van der Waals surface area contributed by atoms with Crippen molar-refractivity contribution in [1.82, 2.24) is 9.80 Å². The molecule has 1 saturated heterocycles. The molecular weight excluding hydrogens is 364 g/mol. The summed E-state index contributed by atoms with van der Waals surface area (Å²) in [5.41, 5.74) is 1.51. The number of benzene rings is 2. The number of nitro benzene ring substituents is 1. The van der Waals surface area contributed by atoms with E-state index in [2.05, 4.69) is 10.2 Å². The Labute approximate surface area is 161 Å². The number of non-ortho nitro benzene ring substituents is 1. The molecule has 1 N–H and O–H groups in total. The third-order valence-corrected chi connectivity index (χ3v) is 4.81. The Morgan fingerprint density at radius 2 is 1.86 bits per heavy atom. The molecular formula is C19H20N4O5. The van der Waals surface area contributed by atoms with Gasteiger partial charge in [-0.3, -0.25) is 15.0 Å². The van der Waals surface area contributed by atoms with Crippen LogP contribution in [0.3, 0.4) is 0 Å². The van der Waals surface area contributed by atoms with Crippen LogP contribution < -0.4 is 14.8 Å². The van der Waals surface area contributed by atoms with E-state index in [1.165, 1.54) is 12.1 Å². The summed E-state index contributed by atoms with van der Waals surface area (Å²) in [5, 5.41) is 13.6. The van der Waals surface area contributed by atoms with Crippen molar-refractivity contribution in [3.63, 3.8) is 0 Å². The van der Waals surface area contributed by atoms with Gasteiger partial charge in [0.1, 0.15) is 0 Å². The van der Waals surface area contributed by atoms with Gasteiger partial charge in [0.05, 0.1) is 4.92 Å². The molecule has 9 nitrogen and oxygen atoms in total. The number of ether oxygens (including phenoxy) is 2. The van der Waals surface area contributed by atoms with E-state index >= 15 is 0 Å². The molecule has 2 aromatic carbocycles. The van der Waals surface area contributed by atoms with Gasteiger partial charge >= 0.3 is 6.03 Å². The number of amides is 2. The van der Waals surface area contributed by atoms with Crippen LogP contribution in [-0.2, 0) is 6.54 Å². The molecule has 0 aromatic heterocycles. The lowest BCUT2D eigenvalue weighted by Crippen LogP contribution is -2.49. The summed E-state index contributed by atoms with van der Waals surface area (Å²) >= 11 is 0. The van der Waals surface area contributed by atoms with E-state index in [0.717, 1.165) is 36.7 Å². The van der Waals surface area contributed by atoms with Crippen LogP contribution in [0.5, 0.6) is 11.5 Å². The van der Waals surface area contributed by atoms with Crippen LogP contribution in [-0.4, -0.2) is 53.7 Å². The van der Waals surface area contributed by atoms with Crippen molar-refractivity contribution >= 4 is 17.4 Å². The van der Waals surface area contributed by atoms with E-state index in [0.29, 0.717) is 18.8 Å². The topological polar surface area (TPSA) is 97.2 Å². The summed E-state index contributed by atoms with van der Waals surface area (Å²) in [4.78, 5) is 26.8. The van der Waals surface area contributed by atoms with Crippen molar-refractivity contribution in [2.24, 2.45) is 0 Å². The number of urea groups is 1. The van der Waals surface area contributed by atoms with Gasteiger partial charge in [0.15, 0.2) is 11.5 Å². The second-order valence-electron chi connectivity index (χ2n) is 6.69. The number of rotatable bonds is 4. The van der Waals surface area contributed by atoms with Crippen LogP contribution >= 0.6 is 0 Å². The van der Waals surface area contributed by atoms with Crippen molar-refractivity contribution in [2.45, 2.75) is 6.54 Å². The molecule has 2 amide bonds. The molecule has 2 heterocycles. The molecule has 0 unspecified atom stereocenters. The first-order chi connectivity index (χ1) is 13.6. The van der Waals surface area contributed by atoms with Gasteiger partial charge in [0.2, 0.25) is 6.79 Å².